The Morgan fingerprint density at radius 1 is 1.23 bits per heavy atom. The maximum Gasteiger partial charge on any atom is 0.349 e. The molecule has 0 aliphatic rings. The van der Waals surface area contributed by atoms with Crippen LogP contribution in [0.5, 0.6) is 0 Å². The maximum atomic E-state index is 12.2. The van der Waals surface area contributed by atoms with Gasteiger partial charge in [-0.15, -0.1) is 0 Å². The number of anilines is 2. The minimum atomic E-state index is -1.04. The van der Waals surface area contributed by atoms with Gasteiger partial charge in [0.1, 0.15) is 18.1 Å². The number of aliphatic hydroxyl groups excluding tert-OH is 1. The summed E-state index contributed by atoms with van der Waals surface area (Å²) in [7, 11) is 0. The van der Waals surface area contributed by atoms with Crippen molar-refractivity contribution in [3.63, 3.8) is 0 Å². The molecule has 0 saturated carbocycles. The third-order valence-electron chi connectivity index (χ3n) is 3.34. The molecule has 2 aromatic rings. The third kappa shape index (κ3) is 4.82. The van der Waals surface area contributed by atoms with Crippen LogP contribution in [0.25, 0.3) is 0 Å². The second kappa shape index (κ2) is 8.65. The predicted octanol–water partition coefficient (Wildman–Crippen LogP) is -1.05. The van der Waals surface area contributed by atoms with Crippen LogP contribution in [0.4, 0.5) is 11.5 Å². The van der Waals surface area contributed by atoms with Crippen LogP contribution in [0.2, 0.25) is 0 Å². The number of amides is 2. The molecule has 1 aromatic heterocycles. The van der Waals surface area contributed by atoms with Gasteiger partial charge >= 0.3 is 5.69 Å². The number of rotatable bonds is 7. The van der Waals surface area contributed by atoms with Gasteiger partial charge in [0.2, 0.25) is 5.91 Å². The fourth-order valence-corrected chi connectivity index (χ4v) is 1.93. The lowest BCUT2D eigenvalue weighted by atomic mass is 10.2. The van der Waals surface area contributed by atoms with E-state index in [1.54, 1.807) is 0 Å². The van der Waals surface area contributed by atoms with Gasteiger partial charge in [0.15, 0.2) is 0 Å². The van der Waals surface area contributed by atoms with E-state index < -0.39 is 30.2 Å². The summed E-state index contributed by atoms with van der Waals surface area (Å²) in [5.41, 5.74) is 5.41. The molecule has 1 atom stereocenters. The minimum absolute atomic E-state index is 0.0495. The molecule has 136 valence electrons. The molecule has 0 aliphatic heterocycles. The van der Waals surface area contributed by atoms with E-state index >= 15 is 0 Å². The van der Waals surface area contributed by atoms with Crippen molar-refractivity contribution in [3.05, 3.63) is 52.6 Å². The lowest BCUT2D eigenvalue weighted by molar-refractivity contribution is -0.118. The first kappa shape index (κ1) is 19.0. The van der Waals surface area contributed by atoms with Gasteiger partial charge in [0, 0.05) is 17.4 Å². The highest BCUT2D eigenvalue weighted by molar-refractivity contribution is 6.04. The molecule has 10 nitrogen and oxygen atoms in total. The Labute approximate surface area is 147 Å². The Kier molecular flexibility index (Phi) is 6.31. The first-order valence-electron chi connectivity index (χ1n) is 7.54. The summed E-state index contributed by atoms with van der Waals surface area (Å²) in [4.78, 5) is 49.5. The molecule has 0 bridgehead atoms. The number of aliphatic hydroxyl groups is 1. The molecule has 1 heterocycles. The van der Waals surface area contributed by atoms with E-state index in [9.17, 15) is 19.2 Å². The van der Waals surface area contributed by atoms with Crippen LogP contribution in [0.15, 0.2) is 41.3 Å². The predicted molar refractivity (Wildman–Crippen MR) is 92.6 cm³/mol. The molecule has 26 heavy (non-hydrogen) atoms. The van der Waals surface area contributed by atoms with Crippen molar-refractivity contribution in [2.75, 3.05) is 17.2 Å². The summed E-state index contributed by atoms with van der Waals surface area (Å²) in [5, 5.41) is 13.8. The second-order valence-corrected chi connectivity index (χ2v) is 5.22. The van der Waals surface area contributed by atoms with Gasteiger partial charge in [0.05, 0.1) is 13.2 Å². The number of hydrogen-bond donors (Lipinski definition) is 4. The van der Waals surface area contributed by atoms with Crippen LogP contribution in [-0.2, 0) is 16.1 Å². The number of carbonyl (C=O) groups excluding carboxylic acids is 3. The fourth-order valence-electron chi connectivity index (χ4n) is 1.93. The van der Waals surface area contributed by atoms with Crippen LogP contribution in [-0.4, -0.2) is 45.4 Å². The van der Waals surface area contributed by atoms with Crippen molar-refractivity contribution < 1.29 is 19.5 Å². The van der Waals surface area contributed by atoms with Gasteiger partial charge in [-0.1, -0.05) is 0 Å². The first-order chi connectivity index (χ1) is 12.4. The van der Waals surface area contributed by atoms with Crippen molar-refractivity contribution in [2.24, 2.45) is 5.73 Å². The number of benzene rings is 1. The highest BCUT2D eigenvalue weighted by Crippen LogP contribution is 2.11. The topological polar surface area (TPSA) is 156 Å². The van der Waals surface area contributed by atoms with Gasteiger partial charge in [-0.05, 0) is 30.3 Å². The number of nitrogens with one attached hydrogen (secondary N) is 2. The molecule has 5 N–H and O–H groups in total. The van der Waals surface area contributed by atoms with Gasteiger partial charge in [0.25, 0.3) is 5.91 Å². The molecule has 2 rings (SSSR count). The first-order valence-corrected chi connectivity index (χ1v) is 7.54. The number of nitrogens with two attached hydrogens (primary N) is 1. The fraction of sp³-hybridized carbons (Fsp3) is 0.188. The van der Waals surface area contributed by atoms with Crippen LogP contribution in [0.3, 0.4) is 0 Å². The summed E-state index contributed by atoms with van der Waals surface area (Å²) < 4.78 is 1.09. The molecule has 0 saturated heterocycles. The van der Waals surface area contributed by atoms with Crippen molar-refractivity contribution >= 4 is 29.6 Å². The lowest BCUT2D eigenvalue weighted by Gasteiger charge is -2.10. The summed E-state index contributed by atoms with van der Waals surface area (Å²) in [5.74, 6) is -1.01. The van der Waals surface area contributed by atoms with E-state index in [4.69, 9.17) is 10.8 Å². The largest absolute Gasteiger partial charge is 0.394 e. The average molecular weight is 359 g/mol. The molecular formula is C16H17N5O5. The molecule has 1 aromatic carbocycles. The van der Waals surface area contributed by atoms with Crippen LogP contribution < -0.4 is 22.1 Å². The molecule has 0 aliphatic carbocycles. The highest BCUT2D eigenvalue weighted by Gasteiger charge is 2.13. The lowest BCUT2D eigenvalue weighted by Crippen LogP contribution is -2.38. The molecular weight excluding hydrogens is 342 g/mol. The van der Waals surface area contributed by atoms with Gasteiger partial charge in [-0.25, -0.2) is 4.79 Å². The van der Waals surface area contributed by atoms with E-state index in [1.807, 2.05) is 0 Å². The van der Waals surface area contributed by atoms with Crippen LogP contribution in [0, 0.1) is 0 Å². The second-order valence-electron chi connectivity index (χ2n) is 5.22. The Balaban J connectivity index is 2.04. The van der Waals surface area contributed by atoms with Crippen molar-refractivity contribution in [2.45, 2.75) is 12.6 Å². The monoisotopic (exact) mass is 359 g/mol. The van der Waals surface area contributed by atoms with E-state index in [0.717, 1.165) is 4.57 Å². The smallest absolute Gasteiger partial charge is 0.349 e. The van der Waals surface area contributed by atoms with E-state index in [0.29, 0.717) is 12.0 Å². The van der Waals surface area contributed by atoms with Crippen LogP contribution in [0.1, 0.15) is 10.4 Å². The zero-order chi connectivity index (χ0) is 19.1. The standard InChI is InChI=1S/C16H17N5O5/c17-12(9-23)15(25)18-11-3-1-10(2-4-11)14(24)19-13-5-6-21(7-8-22)16(26)20-13/h1-6,8,12,23H,7,9,17H2,(H,18,25)(H,19,20,24,26). The third-order valence-corrected chi connectivity index (χ3v) is 3.34. The summed E-state index contributed by atoms with van der Waals surface area (Å²) in [6.07, 6.45) is 1.91. The number of nitrogens with zero attached hydrogens (tertiary/aromatic N) is 2. The number of carbonyl (C=O) groups is 3. The Morgan fingerprint density at radius 2 is 1.92 bits per heavy atom. The van der Waals surface area contributed by atoms with E-state index in [1.165, 1.54) is 36.5 Å². The Morgan fingerprint density at radius 3 is 2.50 bits per heavy atom. The van der Waals surface area contributed by atoms with E-state index in [2.05, 4.69) is 15.6 Å². The zero-order valence-corrected chi connectivity index (χ0v) is 13.6. The van der Waals surface area contributed by atoms with Gasteiger partial charge < -0.3 is 26.3 Å². The van der Waals surface area contributed by atoms with Crippen molar-refractivity contribution in [1.82, 2.24) is 9.55 Å². The summed E-state index contributed by atoms with van der Waals surface area (Å²) in [6, 6.07) is 6.27. The average Bonchev–Trinajstić information content (AvgIpc) is 2.63. The van der Waals surface area contributed by atoms with E-state index in [-0.39, 0.29) is 17.9 Å². The number of hydrogen-bond acceptors (Lipinski definition) is 7. The Bertz CT molecular complexity index is 862. The molecule has 10 heteroatoms. The van der Waals surface area contributed by atoms with Gasteiger partial charge in [-0.3, -0.25) is 14.2 Å². The molecule has 0 spiro atoms. The van der Waals surface area contributed by atoms with Crippen molar-refractivity contribution in [1.29, 1.82) is 0 Å². The SMILES string of the molecule is NC(CO)C(=O)Nc1ccc(C(=O)Nc2ccn(CC=O)c(=O)n2)cc1. The number of aromatic nitrogens is 2. The maximum absolute atomic E-state index is 12.2. The molecule has 2 amide bonds. The molecule has 1 unspecified atom stereocenters. The summed E-state index contributed by atoms with van der Waals surface area (Å²) >= 11 is 0. The molecule has 0 fully saturated rings. The number of aldehydes is 1. The van der Waals surface area contributed by atoms with Crippen LogP contribution >= 0.6 is 0 Å². The summed E-state index contributed by atoms with van der Waals surface area (Å²) in [6.45, 7) is -0.599. The van der Waals surface area contributed by atoms with Crippen molar-refractivity contribution in [3.8, 4) is 0 Å². The van der Waals surface area contributed by atoms with Gasteiger partial charge in [-0.2, -0.15) is 4.98 Å². The zero-order valence-electron chi connectivity index (χ0n) is 13.6. The highest BCUT2D eigenvalue weighted by atomic mass is 16.3. The quantitative estimate of drug-likeness (QED) is 0.460. The normalized spacial score (nSPS) is 11.5. The molecule has 0 radical (unpaired) electrons. The minimum Gasteiger partial charge on any atom is -0.394 e. The Hall–Kier alpha value is -3.37.